The molecule has 5 nitrogen and oxygen atoms in total. The summed E-state index contributed by atoms with van der Waals surface area (Å²) in [6.45, 7) is 0.562. The number of sulfonamides is 1. The van der Waals surface area contributed by atoms with Gasteiger partial charge in [-0.25, -0.2) is 17.1 Å². The van der Waals surface area contributed by atoms with Crippen LogP contribution in [0.3, 0.4) is 0 Å². The van der Waals surface area contributed by atoms with E-state index in [1.54, 1.807) is 0 Å². The van der Waals surface area contributed by atoms with Crippen molar-refractivity contribution in [3.05, 3.63) is 34.6 Å². The number of piperidine rings is 1. The molecule has 3 fully saturated rings. The molecule has 0 spiro atoms. The zero-order valence-electron chi connectivity index (χ0n) is 15.7. The van der Waals surface area contributed by atoms with Gasteiger partial charge in [-0.15, -0.1) is 0 Å². The summed E-state index contributed by atoms with van der Waals surface area (Å²) >= 11 is 5.97. The third-order valence-corrected chi connectivity index (χ3v) is 8.83. The van der Waals surface area contributed by atoms with Crippen LogP contribution in [0.5, 0.6) is 0 Å². The molecule has 1 heterocycles. The smallest absolute Gasteiger partial charge is 0.223 e. The van der Waals surface area contributed by atoms with Gasteiger partial charge < -0.3 is 5.32 Å². The highest BCUT2D eigenvalue weighted by Crippen LogP contribution is 2.44. The molecule has 4 rings (SSSR count). The fourth-order valence-corrected chi connectivity index (χ4v) is 6.98. The van der Waals surface area contributed by atoms with Gasteiger partial charge in [-0.1, -0.05) is 24.1 Å². The van der Waals surface area contributed by atoms with Gasteiger partial charge in [-0.2, -0.15) is 0 Å². The first kappa shape index (κ1) is 20.1. The van der Waals surface area contributed by atoms with Crippen molar-refractivity contribution < 1.29 is 17.6 Å². The summed E-state index contributed by atoms with van der Waals surface area (Å²) in [6, 6.07) is 4.45. The van der Waals surface area contributed by atoms with Gasteiger partial charge in [0.2, 0.25) is 15.9 Å². The molecule has 3 atom stereocenters. The summed E-state index contributed by atoms with van der Waals surface area (Å²) < 4.78 is 40.7. The lowest BCUT2D eigenvalue weighted by Crippen LogP contribution is -2.46. The van der Waals surface area contributed by atoms with Crippen molar-refractivity contribution in [3.63, 3.8) is 0 Å². The summed E-state index contributed by atoms with van der Waals surface area (Å²) in [5.41, 5.74) is 0.000296. The number of benzene rings is 1. The topological polar surface area (TPSA) is 66.5 Å². The Balaban J connectivity index is 1.32. The zero-order chi connectivity index (χ0) is 19.9. The first-order valence-electron chi connectivity index (χ1n) is 10.0. The van der Waals surface area contributed by atoms with E-state index in [-0.39, 0.29) is 35.5 Å². The maximum atomic E-state index is 14.0. The Morgan fingerprint density at radius 1 is 1.18 bits per heavy atom. The monoisotopic (exact) mass is 428 g/mol. The number of fused-ring (bicyclic) bond motifs is 2. The Morgan fingerprint density at radius 3 is 2.54 bits per heavy atom. The number of hydrogen-bond donors (Lipinski definition) is 1. The second-order valence-corrected chi connectivity index (χ2v) is 10.8. The number of hydrogen-bond acceptors (Lipinski definition) is 3. The quantitative estimate of drug-likeness (QED) is 0.782. The molecule has 1 aromatic carbocycles. The lowest BCUT2D eigenvalue weighted by Gasteiger charge is -2.32. The largest absolute Gasteiger partial charge is 0.353 e. The Labute approximate surface area is 170 Å². The maximum Gasteiger partial charge on any atom is 0.223 e. The van der Waals surface area contributed by atoms with Crippen LogP contribution >= 0.6 is 11.6 Å². The fourth-order valence-electron chi connectivity index (χ4n) is 5.06. The van der Waals surface area contributed by atoms with E-state index in [4.69, 9.17) is 11.6 Å². The summed E-state index contributed by atoms with van der Waals surface area (Å²) in [4.78, 5) is 12.6. The van der Waals surface area contributed by atoms with Crippen molar-refractivity contribution >= 4 is 27.5 Å². The van der Waals surface area contributed by atoms with Crippen molar-refractivity contribution in [1.29, 1.82) is 0 Å². The molecule has 3 aliphatic rings. The van der Waals surface area contributed by atoms with E-state index in [9.17, 15) is 17.6 Å². The van der Waals surface area contributed by atoms with Crippen molar-refractivity contribution in [2.75, 3.05) is 13.1 Å². The standard InChI is InChI=1S/C20H26ClFN2O3S/c21-17-2-1-3-18(22)16(17)12-28(26,27)24-8-6-14(7-9-24)20(25)23-19-11-13-4-5-15(19)10-13/h1-3,13-15,19H,4-12H2,(H,23,25)/t13-,15-,19-/m0/s1. The molecule has 0 radical (unpaired) electrons. The van der Waals surface area contributed by atoms with Crippen LogP contribution in [0.4, 0.5) is 4.39 Å². The number of rotatable bonds is 5. The van der Waals surface area contributed by atoms with E-state index in [1.807, 2.05) is 0 Å². The highest BCUT2D eigenvalue weighted by molar-refractivity contribution is 7.88. The van der Waals surface area contributed by atoms with Crippen molar-refractivity contribution in [2.45, 2.75) is 50.3 Å². The van der Waals surface area contributed by atoms with E-state index in [2.05, 4.69) is 5.32 Å². The molecule has 8 heteroatoms. The first-order chi connectivity index (χ1) is 13.3. The van der Waals surface area contributed by atoms with Crippen LogP contribution in [0.25, 0.3) is 0 Å². The third kappa shape index (κ3) is 4.07. The van der Waals surface area contributed by atoms with Gasteiger partial charge in [-0.05, 0) is 56.1 Å². The summed E-state index contributed by atoms with van der Waals surface area (Å²) in [5, 5.41) is 3.33. The zero-order valence-corrected chi connectivity index (χ0v) is 17.3. The predicted octanol–water partition coefficient (Wildman–Crippen LogP) is 3.33. The molecule has 2 bridgehead atoms. The van der Waals surface area contributed by atoms with Crippen LogP contribution in [-0.2, 0) is 20.6 Å². The van der Waals surface area contributed by atoms with E-state index < -0.39 is 21.6 Å². The minimum absolute atomic E-state index is 0.000296. The van der Waals surface area contributed by atoms with Gasteiger partial charge in [0.25, 0.3) is 0 Å². The molecule has 1 amide bonds. The normalized spacial score (nSPS) is 28.6. The summed E-state index contributed by atoms with van der Waals surface area (Å²) in [7, 11) is -3.68. The SMILES string of the molecule is O=C(N[C@H]1C[C@H]2CC[C@H]1C2)C1CCN(S(=O)(=O)Cc2c(F)cccc2Cl)CC1. The highest BCUT2D eigenvalue weighted by atomic mass is 35.5. The first-order valence-corrected chi connectivity index (χ1v) is 12.0. The molecule has 2 saturated carbocycles. The Morgan fingerprint density at radius 2 is 1.93 bits per heavy atom. The molecule has 2 aliphatic carbocycles. The van der Waals surface area contributed by atoms with Crippen LogP contribution in [0.15, 0.2) is 18.2 Å². The van der Waals surface area contributed by atoms with Gasteiger partial charge in [0.1, 0.15) is 5.82 Å². The van der Waals surface area contributed by atoms with Crippen LogP contribution in [-0.4, -0.2) is 37.8 Å². The number of carbonyl (C=O) groups excluding carboxylic acids is 1. The van der Waals surface area contributed by atoms with Crippen LogP contribution in [0, 0.1) is 23.6 Å². The van der Waals surface area contributed by atoms with Crippen LogP contribution < -0.4 is 5.32 Å². The summed E-state index contributed by atoms with van der Waals surface area (Å²) in [5.74, 6) is 0.235. The average molecular weight is 429 g/mol. The van der Waals surface area contributed by atoms with E-state index in [1.165, 1.54) is 41.8 Å². The maximum absolute atomic E-state index is 14.0. The molecule has 0 unspecified atom stereocenters. The highest BCUT2D eigenvalue weighted by Gasteiger charge is 2.41. The summed E-state index contributed by atoms with van der Waals surface area (Å²) in [6.07, 6.45) is 5.82. The van der Waals surface area contributed by atoms with Gasteiger partial charge in [-0.3, -0.25) is 4.79 Å². The number of carbonyl (C=O) groups is 1. The van der Waals surface area contributed by atoms with Gasteiger partial charge in [0, 0.05) is 35.6 Å². The molecular weight excluding hydrogens is 403 g/mol. The van der Waals surface area contributed by atoms with Crippen molar-refractivity contribution in [1.82, 2.24) is 9.62 Å². The lowest BCUT2D eigenvalue weighted by molar-refractivity contribution is -0.127. The van der Waals surface area contributed by atoms with E-state index in [0.717, 1.165) is 12.3 Å². The molecule has 1 N–H and O–H groups in total. The van der Waals surface area contributed by atoms with Gasteiger partial charge in [0.15, 0.2) is 0 Å². The second kappa shape index (κ2) is 7.92. The molecule has 1 aromatic rings. The molecule has 154 valence electrons. The van der Waals surface area contributed by atoms with Gasteiger partial charge in [0.05, 0.1) is 5.75 Å². The Kier molecular flexibility index (Phi) is 5.69. The minimum atomic E-state index is -3.68. The van der Waals surface area contributed by atoms with Gasteiger partial charge >= 0.3 is 0 Å². The minimum Gasteiger partial charge on any atom is -0.353 e. The van der Waals surface area contributed by atoms with Crippen molar-refractivity contribution in [3.8, 4) is 0 Å². The molecule has 28 heavy (non-hydrogen) atoms. The molecule has 0 aromatic heterocycles. The molecular formula is C20H26ClFN2O3S. The second-order valence-electron chi connectivity index (χ2n) is 8.42. The van der Waals surface area contributed by atoms with Crippen molar-refractivity contribution in [2.24, 2.45) is 17.8 Å². The van der Waals surface area contributed by atoms with Crippen LogP contribution in [0.2, 0.25) is 5.02 Å². The lowest BCUT2D eigenvalue weighted by atomic mass is 9.93. The Hall–Kier alpha value is -1.18. The Bertz CT molecular complexity index is 835. The average Bonchev–Trinajstić information content (AvgIpc) is 3.28. The van der Waals surface area contributed by atoms with E-state index >= 15 is 0 Å². The molecule has 1 aliphatic heterocycles. The molecule has 1 saturated heterocycles. The third-order valence-electron chi connectivity index (χ3n) is 6.67. The number of nitrogens with one attached hydrogen (secondary N) is 1. The van der Waals surface area contributed by atoms with E-state index in [0.29, 0.717) is 24.8 Å². The number of halogens is 2. The predicted molar refractivity (Wildman–Crippen MR) is 106 cm³/mol. The number of nitrogens with zero attached hydrogens (tertiary/aromatic N) is 1. The van der Waals surface area contributed by atoms with Crippen LogP contribution in [0.1, 0.15) is 44.1 Å². The number of amides is 1. The fraction of sp³-hybridized carbons (Fsp3) is 0.650.